The van der Waals surface area contributed by atoms with E-state index in [9.17, 15) is 0 Å². The summed E-state index contributed by atoms with van der Waals surface area (Å²) in [6.07, 6.45) is 2.86. The first-order valence-corrected chi connectivity index (χ1v) is 7.58. The molecule has 0 amide bonds. The summed E-state index contributed by atoms with van der Waals surface area (Å²) in [4.78, 5) is 0. The molecule has 110 valence electrons. The molecule has 0 saturated carbocycles. The normalized spacial score (nSPS) is 11.4. The van der Waals surface area contributed by atoms with Gasteiger partial charge in [0, 0.05) is 25.2 Å². The van der Waals surface area contributed by atoms with Crippen LogP contribution in [-0.2, 0) is 6.42 Å². The van der Waals surface area contributed by atoms with Crippen molar-refractivity contribution < 1.29 is 0 Å². The number of anilines is 1. The average molecular weight is 350 g/mol. The van der Waals surface area contributed by atoms with Gasteiger partial charge in [-0.25, -0.2) is 0 Å². The third kappa shape index (κ3) is 3.05. The molecule has 0 aliphatic rings. The smallest absolute Gasteiger partial charge is 0.221 e. The van der Waals surface area contributed by atoms with Crippen LogP contribution in [0.4, 0.5) is 5.82 Å². The van der Waals surface area contributed by atoms with Gasteiger partial charge in [-0.3, -0.25) is 4.68 Å². The lowest BCUT2D eigenvalue weighted by molar-refractivity contribution is 0.526. The van der Waals surface area contributed by atoms with Crippen molar-refractivity contribution in [2.45, 2.75) is 26.3 Å². The maximum Gasteiger partial charge on any atom is 0.221 e. The minimum absolute atomic E-state index is 0.391. The van der Waals surface area contributed by atoms with E-state index in [4.69, 9.17) is 0 Å². The van der Waals surface area contributed by atoms with Gasteiger partial charge in [0.25, 0.3) is 0 Å². The number of nitrogens with one attached hydrogen (secondary N) is 1. The van der Waals surface area contributed by atoms with Crippen molar-refractivity contribution in [2.24, 2.45) is 0 Å². The Morgan fingerprint density at radius 1 is 1.19 bits per heavy atom. The highest BCUT2D eigenvalue weighted by Crippen LogP contribution is 2.11. The van der Waals surface area contributed by atoms with Crippen LogP contribution in [-0.4, -0.2) is 36.1 Å². The number of fused-ring (bicyclic) bond motifs is 1. The van der Waals surface area contributed by atoms with Gasteiger partial charge in [0.1, 0.15) is 5.82 Å². The van der Waals surface area contributed by atoms with E-state index in [1.807, 2.05) is 23.0 Å². The second-order valence-corrected chi connectivity index (χ2v) is 5.72. The van der Waals surface area contributed by atoms with Gasteiger partial charge in [-0.15, -0.1) is 15.3 Å². The van der Waals surface area contributed by atoms with Crippen LogP contribution < -0.4 is 5.32 Å². The van der Waals surface area contributed by atoms with Crippen molar-refractivity contribution in [1.82, 2.24) is 29.6 Å². The zero-order chi connectivity index (χ0) is 14.8. The van der Waals surface area contributed by atoms with Gasteiger partial charge in [0.05, 0.1) is 5.69 Å². The van der Waals surface area contributed by atoms with Gasteiger partial charge in [0.2, 0.25) is 4.73 Å². The van der Waals surface area contributed by atoms with E-state index in [2.05, 4.69) is 61.6 Å². The summed E-state index contributed by atoms with van der Waals surface area (Å²) < 4.78 is 4.21. The largest absolute Gasteiger partial charge is 0.368 e. The predicted octanol–water partition coefficient (Wildman–Crippen LogP) is 2.32. The fraction of sp³-hybridized carbons (Fsp3) is 0.385. The van der Waals surface area contributed by atoms with Crippen LogP contribution in [0.3, 0.4) is 0 Å². The first-order chi connectivity index (χ1) is 10.1. The topological polar surface area (TPSA) is 72.9 Å². The number of hydrogen-bond acceptors (Lipinski definition) is 5. The summed E-state index contributed by atoms with van der Waals surface area (Å²) in [6.45, 7) is 5.00. The van der Waals surface area contributed by atoms with E-state index in [1.165, 1.54) is 0 Å². The molecular weight excluding hydrogens is 334 g/mol. The van der Waals surface area contributed by atoms with Crippen molar-refractivity contribution >= 4 is 27.4 Å². The van der Waals surface area contributed by atoms with Gasteiger partial charge in [-0.2, -0.15) is 9.61 Å². The molecule has 8 heteroatoms. The third-order valence-electron chi connectivity index (χ3n) is 3.10. The third-order valence-corrected chi connectivity index (χ3v) is 3.60. The highest BCUT2D eigenvalue weighted by molar-refractivity contribution is 9.10. The van der Waals surface area contributed by atoms with Crippen LogP contribution in [0, 0.1) is 0 Å². The van der Waals surface area contributed by atoms with Crippen molar-refractivity contribution in [2.75, 3.05) is 11.9 Å². The Kier molecular flexibility index (Phi) is 3.87. The summed E-state index contributed by atoms with van der Waals surface area (Å²) in [6, 6.07) is 6.21. The second-order valence-electron chi connectivity index (χ2n) is 5.02. The van der Waals surface area contributed by atoms with Crippen molar-refractivity contribution in [3.63, 3.8) is 0 Å². The van der Waals surface area contributed by atoms with Crippen molar-refractivity contribution in [1.29, 1.82) is 0 Å². The standard InChI is InChI=1S/C13H16BrN7/c1-9(2)20-8-6-10(18-20)5-7-15-11-3-4-12-16-17-13(14)21(12)19-11/h3-4,6,8-9H,5,7H2,1-2H3,(H,15,19). The number of halogens is 1. The molecule has 0 spiro atoms. The first kappa shape index (κ1) is 14.0. The maximum atomic E-state index is 4.52. The molecule has 0 aliphatic heterocycles. The van der Waals surface area contributed by atoms with E-state index in [0.717, 1.165) is 24.5 Å². The lowest BCUT2D eigenvalue weighted by Crippen LogP contribution is -2.09. The van der Waals surface area contributed by atoms with Crippen LogP contribution in [0.5, 0.6) is 0 Å². The second kappa shape index (κ2) is 5.80. The molecule has 0 unspecified atom stereocenters. The van der Waals surface area contributed by atoms with Crippen LogP contribution in [0.2, 0.25) is 0 Å². The summed E-state index contributed by atoms with van der Waals surface area (Å²) >= 11 is 3.31. The fourth-order valence-corrected chi connectivity index (χ4v) is 2.31. The lowest BCUT2D eigenvalue weighted by atomic mass is 10.3. The summed E-state index contributed by atoms with van der Waals surface area (Å²) in [5, 5.41) is 20.1. The van der Waals surface area contributed by atoms with Gasteiger partial charge in [0.15, 0.2) is 5.65 Å². The van der Waals surface area contributed by atoms with Gasteiger partial charge >= 0.3 is 0 Å². The number of rotatable bonds is 5. The van der Waals surface area contributed by atoms with Gasteiger partial charge in [-0.1, -0.05) is 0 Å². The van der Waals surface area contributed by atoms with Crippen LogP contribution in [0.15, 0.2) is 29.1 Å². The molecular formula is C13H16BrN7. The average Bonchev–Trinajstić information content (AvgIpc) is 3.07. The zero-order valence-electron chi connectivity index (χ0n) is 11.9. The molecule has 0 aliphatic carbocycles. The highest BCUT2D eigenvalue weighted by Gasteiger charge is 2.05. The lowest BCUT2D eigenvalue weighted by Gasteiger charge is -2.05. The Morgan fingerprint density at radius 3 is 2.81 bits per heavy atom. The maximum absolute atomic E-state index is 4.52. The highest BCUT2D eigenvalue weighted by atomic mass is 79.9. The first-order valence-electron chi connectivity index (χ1n) is 6.79. The van der Waals surface area contributed by atoms with E-state index < -0.39 is 0 Å². The molecule has 0 saturated heterocycles. The van der Waals surface area contributed by atoms with E-state index in [-0.39, 0.29) is 0 Å². The predicted molar refractivity (Wildman–Crippen MR) is 83.3 cm³/mol. The number of aromatic nitrogens is 6. The molecule has 3 aromatic heterocycles. The van der Waals surface area contributed by atoms with Crippen molar-refractivity contribution in [3.8, 4) is 0 Å². The number of nitrogens with zero attached hydrogens (tertiary/aromatic N) is 6. The molecule has 0 atom stereocenters. The molecule has 0 aromatic carbocycles. The Bertz CT molecular complexity index is 746. The molecule has 3 heterocycles. The Hall–Kier alpha value is -1.96. The summed E-state index contributed by atoms with van der Waals surface area (Å²) in [5.74, 6) is 0.784. The molecule has 0 fully saturated rings. The quantitative estimate of drug-likeness (QED) is 0.765. The SMILES string of the molecule is CC(C)n1ccc(CCNc2ccc3nnc(Br)n3n2)n1. The molecule has 1 N–H and O–H groups in total. The number of hydrogen-bond donors (Lipinski definition) is 1. The minimum atomic E-state index is 0.391. The van der Waals surface area contributed by atoms with Crippen LogP contribution in [0.25, 0.3) is 5.65 Å². The van der Waals surface area contributed by atoms with E-state index in [1.54, 1.807) is 4.52 Å². The Balaban J connectivity index is 1.62. The van der Waals surface area contributed by atoms with Gasteiger partial charge in [-0.05, 0) is 48.0 Å². The Labute approximate surface area is 130 Å². The Morgan fingerprint density at radius 2 is 2.05 bits per heavy atom. The van der Waals surface area contributed by atoms with Crippen LogP contribution >= 0.6 is 15.9 Å². The molecule has 7 nitrogen and oxygen atoms in total. The van der Waals surface area contributed by atoms with Gasteiger partial charge < -0.3 is 5.32 Å². The zero-order valence-corrected chi connectivity index (χ0v) is 13.4. The summed E-state index contributed by atoms with van der Waals surface area (Å²) in [7, 11) is 0. The molecule has 0 bridgehead atoms. The van der Waals surface area contributed by atoms with E-state index >= 15 is 0 Å². The fourth-order valence-electron chi connectivity index (χ4n) is 1.97. The minimum Gasteiger partial charge on any atom is -0.368 e. The van der Waals surface area contributed by atoms with Crippen molar-refractivity contribution in [3.05, 3.63) is 34.8 Å². The van der Waals surface area contributed by atoms with E-state index in [0.29, 0.717) is 16.4 Å². The molecule has 21 heavy (non-hydrogen) atoms. The molecule has 0 radical (unpaired) electrons. The molecule has 3 aromatic rings. The molecule has 3 rings (SSSR count). The monoisotopic (exact) mass is 349 g/mol. The summed E-state index contributed by atoms with van der Waals surface area (Å²) in [5.41, 5.74) is 1.78. The van der Waals surface area contributed by atoms with Crippen LogP contribution in [0.1, 0.15) is 25.6 Å².